The minimum absolute atomic E-state index is 0.00833. The van der Waals surface area contributed by atoms with Gasteiger partial charge >= 0.3 is 5.97 Å². The molecule has 3 unspecified atom stereocenters. The van der Waals surface area contributed by atoms with Crippen molar-refractivity contribution in [3.05, 3.63) is 0 Å². The maximum Gasteiger partial charge on any atom is 0.304 e. The number of rotatable bonds is 5. The van der Waals surface area contributed by atoms with Crippen LogP contribution in [0.15, 0.2) is 0 Å². The molecular weight excluding hydrogens is 242 g/mol. The number of hydrogen-bond donors (Lipinski definition) is 1. The van der Waals surface area contributed by atoms with Crippen molar-refractivity contribution in [3.8, 4) is 0 Å². The quantitative estimate of drug-likeness (QED) is 0.616. The first-order valence-corrected chi connectivity index (χ1v) is 7.30. The summed E-state index contributed by atoms with van der Waals surface area (Å²) in [4.78, 5) is 22.5. The third-order valence-corrected chi connectivity index (χ3v) is 4.15. The highest BCUT2D eigenvalue weighted by molar-refractivity contribution is 5.76. The first-order chi connectivity index (χ1) is 8.90. The monoisotopic (exact) mass is 269 g/mol. The van der Waals surface area contributed by atoms with E-state index in [-0.39, 0.29) is 18.6 Å². The molecule has 0 radical (unpaired) electrons. The highest BCUT2D eigenvalue weighted by atomic mass is 16.5. The highest BCUT2D eigenvalue weighted by Gasteiger charge is 2.31. The molecule has 19 heavy (non-hydrogen) atoms. The van der Waals surface area contributed by atoms with E-state index in [1.54, 1.807) is 0 Å². The van der Waals surface area contributed by atoms with Crippen LogP contribution in [-0.2, 0) is 14.3 Å². The summed E-state index contributed by atoms with van der Waals surface area (Å²) in [6, 6.07) is 0. The van der Waals surface area contributed by atoms with E-state index in [1.807, 2.05) is 0 Å². The maximum atomic E-state index is 11.9. The molecule has 0 aromatic rings. The summed E-state index contributed by atoms with van der Waals surface area (Å²) in [6.45, 7) is 8.07. The minimum atomic E-state index is -0.369. The van der Waals surface area contributed by atoms with Crippen LogP contribution in [0.1, 0.15) is 53.4 Å². The number of esters is 1. The van der Waals surface area contributed by atoms with Crippen LogP contribution in [-0.4, -0.2) is 18.6 Å². The topological polar surface area (TPSA) is 55.4 Å². The van der Waals surface area contributed by atoms with Crippen LogP contribution in [0.5, 0.6) is 0 Å². The number of carbonyl (C=O) groups is 2. The van der Waals surface area contributed by atoms with Crippen molar-refractivity contribution in [1.29, 1.82) is 0 Å². The van der Waals surface area contributed by atoms with Crippen LogP contribution in [0.2, 0.25) is 0 Å². The Morgan fingerprint density at radius 3 is 2.58 bits per heavy atom. The van der Waals surface area contributed by atoms with Crippen molar-refractivity contribution in [2.24, 2.45) is 23.7 Å². The van der Waals surface area contributed by atoms with Crippen molar-refractivity contribution in [3.63, 3.8) is 0 Å². The molecule has 1 saturated carbocycles. The van der Waals surface area contributed by atoms with E-state index in [0.29, 0.717) is 30.1 Å². The van der Waals surface area contributed by atoms with Crippen molar-refractivity contribution in [1.82, 2.24) is 5.32 Å². The highest BCUT2D eigenvalue weighted by Crippen LogP contribution is 2.39. The Bertz CT molecular complexity index is 315. The Morgan fingerprint density at radius 1 is 1.32 bits per heavy atom. The van der Waals surface area contributed by atoms with E-state index >= 15 is 0 Å². The smallest absolute Gasteiger partial charge is 0.304 e. The zero-order chi connectivity index (χ0) is 14.4. The average molecular weight is 269 g/mol. The first kappa shape index (κ1) is 16.0. The van der Waals surface area contributed by atoms with E-state index in [2.05, 4.69) is 26.1 Å². The van der Waals surface area contributed by atoms with Gasteiger partial charge in [0.25, 0.3) is 0 Å². The van der Waals surface area contributed by atoms with E-state index in [4.69, 9.17) is 4.74 Å². The van der Waals surface area contributed by atoms with Gasteiger partial charge < -0.3 is 10.1 Å². The molecule has 1 N–H and O–H groups in total. The summed E-state index contributed by atoms with van der Waals surface area (Å²) < 4.78 is 4.73. The number of carbonyl (C=O) groups excluding carboxylic acids is 2. The Labute approximate surface area is 116 Å². The predicted molar refractivity (Wildman–Crippen MR) is 74.2 cm³/mol. The largest absolute Gasteiger partial charge is 0.445 e. The molecule has 1 amide bonds. The first-order valence-electron chi connectivity index (χ1n) is 7.30. The lowest BCUT2D eigenvalue weighted by Gasteiger charge is -2.37. The number of ether oxygens (including phenoxy) is 1. The van der Waals surface area contributed by atoms with Gasteiger partial charge in [-0.25, -0.2) is 0 Å². The van der Waals surface area contributed by atoms with Crippen LogP contribution in [0.4, 0.5) is 0 Å². The van der Waals surface area contributed by atoms with Crippen molar-refractivity contribution in [2.45, 2.75) is 53.4 Å². The number of nitrogens with one attached hydrogen (secondary N) is 1. The molecule has 3 atom stereocenters. The van der Waals surface area contributed by atoms with Crippen LogP contribution in [0.3, 0.4) is 0 Å². The number of amides is 1. The molecule has 0 aliphatic heterocycles. The standard InChI is InChI=1S/C15H27NO3/c1-10(2)14-6-5-11(3)7-13(14)8-15(18)16-9-19-12(4)17/h10-11,13-14H,5-9H2,1-4H3,(H,16,18). The Hall–Kier alpha value is -1.06. The maximum absolute atomic E-state index is 11.9. The van der Waals surface area contributed by atoms with E-state index in [1.165, 1.54) is 19.8 Å². The lowest BCUT2D eigenvalue weighted by Crippen LogP contribution is -2.34. The second kappa shape index (κ2) is 7.51. The van der Waals surface area contributed by atoms with E-state index in [9.17, 15) is 9.59 Å². The summed E-state index contributed by atoms with van der Waals surface area (Å²) in [5, 5.41) is 2.65. The molecule has 4 nitrogen and oxygen atoms in total. The summed E-state index contributed by atoms with van der Waals surface area (Å²) >= 11 is 0. The van der Waals surface area contributed by atoms with E-state index in [0.717, 1.165) is 6.42 Å². The number of hydrogen-bond acceptors (Lipinski definition) is 3. The summed E-state index contributed by atoms with van der Waals surface area (Å²) in [6.07, 6.45) is 4.17. The van der Waals surface area contributed by atoms with Gasteiger partial charge in [0.15, 0.2) is 6.73 Å². The normalized spacial score (nSPS) is 27.1. The molecular formula is C15H27NO3. The Morgan fingerprint density at radius 2 is 2.00 bits per heavy atom. The van der Waals surface area contributed by atoms with Gasteiger partial charge in [0.1, 0.15) is 0 Å². The van der Waals surface area contributed by atoms with Gasteiger partial charge in [-0.1, -0.05) is 27.2 Å². The fourth-order valence-corrected chi connectivity index (χ4v) is 3.16. The average Bonchev–Trinajstić information content (AvgIpc) is 2.27. The van der Waals surface area contributed by atoms with Crippen LogP contribution in [0, 0.1) is 23.7 Å². The van der Waals surface area contributed by atoms with Gasteiger partial charge in [-0.05, 0) is 36.5 Å². The van der Waals surface area contributed by atoms with Gasteiger partial charge in [0.05, 0.1) is 0 Å². The molecule has 1 fully saturated rings. The van der Waals surface area contributed by atoms with E-state index < -0.39 is 0 Å². The lowest BCUT2D eigenvalue weighted by molar-refractivity contribution is -0.142. The van der Waals surface area contributed by atoms with Crippen LogP contribution in [0.25, 0.3) is 0 Å². The Kier molecular flexibility index (Phi) is 6.32. The second-order valence-corrected chi connectivity index (χ2v) is 6.17. The molecule has 0 bridgehead atoms. The summed E-state index contributed by atoms with van der Waals surface area (Å²) in [5.41, 5.74) is 0. The van der Waals surface area contributed by atoms with Crippen LogP contribution >= 0.6 is 0 Å². The van der Waals surface area contributed by atoms with Gasteiger partial charge in [-0.2, -0.15) is 0 Å². The second-order valence-electron chi connectivity index (χ2n) is 6.17. The molecule has 0 spiro atoms. The van der Waals surface area contributed by atoms with Gasteiger partial charge in [0, 0.05) is 13.3 Å². The predicted octanol–water partition coefficient (Wildman–Crippen LogP) is 2.72. The third kappa shape index (κ3) is 5.62. The summed E-state index contributed by atoms with van der Waals surface area (Å²) in [5.74, 6) is 2.05. The molecule has 0 heterocycles. The fourth-order valence-electron chi connectivity index (χ4n) is 3.16. The molecule has 1 rings (SSSR count). The molecule has 0 aromatic heterocycles. The SMILES string of the molecule is CC(=O)OCNC(=O)CC1CC(C)CCC1C(C)C. The molecule has 1 aliphatic carbocycles. The zero-order valence-corrected chi connectivity index (χ0v) is 12.6. The lowest BCUT2D eigenvalue weighted by atomic mass is 9.69. The molecule has 0 saturated heterocycles. The molecule has 0 aromatic carbocycles. The molecule has 110 valence electrons. The van der Waals surface area contributed by atoms with Crippen molar-refractivity contribution >= 4 is 11.9 Å². The van der Waals surface area contributed by atoms with Crippen molar-refractivity contribution < 1.29 is 14.3 Å². The third-order valence-electron chi connectivity index (χ3n) is 4.15. The van der Waals surface area contributed by atoms with Gasteiger partial charge in [-0.15, -0.1) is 0 Å². The minimum Gasteiger partial charge on any atom is -0.445 e. The van der Waals surface area contributed by atoms with Crippen molar-refractivity contribution in [2.75, 3.05) is 6.73 Å². The molecule has 4 heteroatoms. The Balaban J connectivity index is 2.42. The van der Waals surface area contributed by atoms with Gasteiger partial charge in [0.2, 0.25) is 5.91 Å². The fraction of sp³-hybridized carbons (Fsp3) is 0.867. The van der Waals surface area contributed by atoms with Gasteiger partial charge in [-0.3, -0.25) is 9.59 Å². The summed E-state index contributed by atoms with van der Waals surface area (Å²) in [7, 11) is 0. The van der Waals surface area contributed by atoms with Crippen LogP contribution < -0.4 is 5.32 Å². The zero-order valence-electron chi connectivity index (χ0n) is 12.6. The molecule has 1 aliphatic rings.